The van der Waals surface area contributed by atoms with Crippen LogP contribution < -0.4 is 0 Å². The number of aryl methyl sites for hydroxylation is 4. The van der Waals surface area contributed by atoms with Gasteiger partial charge in [-0.2, -0.15) is 0 Å². The van der Waals surface area contributed by atoms with Gasteiger partial charge in [-0.25, -0.2) is 0 Å². The van der Waals surface area contributed by atoms with Gasteiger partial charge in [-0.05, 0) is 190 Å². The SMILES string of the molecule is C(=Cc1cc(C=Cc2ccc(C=C(c3ccccc3)c3ccccc3)cc2)c(CCc2ccc(C=C(c3ccccc3)c3ccccc3)cc2)cc1CCc1ccc(C=C(c2ccccc2)c2ccccc2)cc1)c1ccc(C=C(c2ccccc2)c2ccccc2)cc1. The molecule has 0 spiro atoms. The van der Waals surface area contributed by atoms with Crippen molar-refractivity contribution in [3.05, 3.63) is 463 Å². The van der Waals surface area contributed by atoms with Crippen LogP contribution in [-0.2, 0) is 25.7 Å². The minimum atomic E-state index is 0.881. The highest BCUT2D eigenvalue weighted by Crippen LogP contribution is 2.33. The summed E-state index contributed by atoms with van der Waals surface area (Å²) < 4.78 is 0. The van der Waals surface area contributed by atoms with Crippen molar-refractivity contribution in [1.82, 2.24) is 0 Å². The Bertz CT molecular complexity index is 4260. The molecule has 0 radical (unpaired) electrons. The molecule has 0 fully saturated rings. The monoisotopic (exact) mass is 1200 g/mol. The summed E-state index contributed by atoms with van der Waals surface area (Å²) in [7, 11) is 0. The molecule has 0 aliphatic carbocycles. The zero-order valence-electron chi connectivity index (χ0n) is 52.9. The molecule has 0 aliphatic heterocycles. The first-order chi connectivity index (χ1) is 46.6. The van der Waals surface area contributed by atoms with Gasteiger partial charge in [0, 0.05) is 0 Å². The maximum atomic E-state index is 2.51. The molecular weight excluding hydrogens is 1130 g/mol. The van der Waals surface area contributed by atoms with E-state index < -0.39 is 0 Å². The number of hydrogen-bond acceptors (Lipinski definition) is 0. The largest absolute Gasteiger partial charge is 0.0622 e. The molecule has 0 atom stereocenters. The molecule has 13 rings (SSSR count). The van der Waals surface area contributed by atoms with Crippen LogP contribution in [0.4, 0.5) is 0 Å². The fourth-order valence-corrected chi connectivity index (χ4v) is 12.3. The third kappa shape index (κ3) is 16.2. The molecule has 13 aromatic carbocycles. The summed E-state index contributed by atoms with van der Waals surface area (Å²) in [4.78, 5) is 0. The van der Waals surface area contributed by atoms with Crippen molar-refractivity contribution in [2.45, 2.75) is 25.7 Å². The van der Waals surface area contributed by atoms with Crippen LogP contribution in [0.5, 0.6) is 0 Å². The molecular formula is C94H74. The average Bonchev–Trinajstić information content (AvgIpc) is 1.48. The van der Waals surface area contributed by atoms with E-state index in [2.05, 4.69) is 400 Å². The predicted molar refractivity (Wildman–Crippen MR) is 404 cm³/mol. The Morgan fingerprint density at radius 3 is 0.606 bits per heavy atom. The van der Waals surface area contributed by atoms with Gasteiger partial charge in [0.1, 0.15) is 0 Å². The lowest BCUT2D eigenvalue weighted by Crippen LogP contribution is -2.01. The Morgan fingerprint density at radius 2 is 0.383 bits per heavy atom. The highest BCUT2D eigenvalue weighted by atomic mass is 14.2. The predicted octanol–water partition coefficient (Wildman–Crippen LogP) is 24.0. The van der Waals surface area contributed by atoms with Gasteiger partial charge in [0.05, 0.1) is 0 Å². The molecule has 13 aromatic rings. The van der Waals surface area contributed by atoms with E-state index >= 15 is 0 Å². The topological polar surface area (TPSA) is 0 Å². The Kier molecular flexibility index (Phi) is 20.1. The number of benzene rings is 13. The van der Waals surface area contributed by atoms with E-state index in [-0.39, 0.29) is 0 Å². The van der Waals surface area contributed by atoms with Gasteiger partial charge < -0.3 is 0 Å². The maximum Gasteiger partial charge on any atom is -0.0105 e. The molecule has 0 aromatic heterocycles. The van der Waals surface area contributed by atoms with E-state index in [0.29, 0.717) is 0 Å². The van der Waals surface area contributed by atoms with Gasteiger partial charge >= 0.3 is 0 Å². The van der Waals surface area contributed by atoms with Gasteiger partial charge in [-0.15, -0.1) is 0 Å². The quantitative estimate of drug-likeness (QED) is 0.0593. The summed E-state index contributed by atoms with van der Waals surface area (Å²) in [5, 5.41) is 0. The van der Waals surface area contributed by atoms with Crippen LogP contribution in [0.1, 0.15) is 111 Å². The normalized spacial score (nSPS) is 11.1. The molecule has 0 saturated carbocycles. The van der Waals surface area contributed by atoms with Crippen molar-refractivity contribution >= 4 is 70.9 Å². The van der Waals surface area contributed by atoms with E-state index in [1.807, 2.05) is 0 Å². The standard InChI is InChI=1S/C94H74/c1-9-25-79(26-10-1)91(80-27-11-2-12-28-80)65-75-49-41-71(42-50-75)57-61-87-69-89(63-59-73-45-53-77(54-46-73)67-93(83-33-17-5-18-34-83)84-35-19-6-20-36-84)90(64-60-74-47-55-78(56-48-74)68-94(85-37-21-7-22-38-85)86-39-23-8-24-40-86)70-88(87)62-58-72-43-51-76(52-44-72)66-92(81-29-13-3-14-30-81)82-31-15-4-16-32-82/h1-57,59,61,63,65-70H,58,60,62,64H2. The van der Waals surface area contributed by atoms with E-state index in [1.54, 1.807) is 0 Å². The third-order valence-electron chi connectivity index (χ3n) is 17.4. The molecule has 450 valence electrons. The molecule has 0 bridgehead atoms. The Hall–Kier alpha value is -11.7. The lowest BCUT2D eigenvalue weighted by Gasteiger charge is -2.15. The Balaban J connectivity index is 0.848. The van der Waals surface area contributed by atoms with E-state index in [9.17, 15) is 0 Å². The molecule has 94 heavy (non-hydrogen) atoms. The Labute approximate surface area is 556 Å². The summed E-state index contributed by atoms with van der Waals surface area (Å²) in [6.07, 6.45) is 22.1. The van der Waals surface area contributed by atoms with Crippen molar-refractivity contribution in [1.29, 1.82) is 0 Å². The molecule has 0 amide bonds. The molecule has 0 saturated heterocycles. The smallest absolute Gasteiger partial charge is 0.0105 e. The highest BCUT2D eigenvalue weighted by Gasteiger charge is 2.13. The third-order valence-corrected chi connectivity index (χ3v) is 17.4. The van der Waals surface area contributed by atoms with Crippen molar-refractivity contribution in [2.75, 3.05) is 0 Å². The zero-order chi connectivity index (χ0) is 63.4. The van der Waals surface area contributed by atoms with Crippen LogP contribution in [0.15, 0.2) is 352 Å². The Morgan fingerprint density at radius 1 is 0.181 bits per heavy atom. The van der Waals surface area contributed by atoms with Crippen LogP contribution in [0.2, 0.25) is 0 Å². The maximum absolute atomic E-state index is 2.51. The molecule has 0 nitrogen and oxygen atoms in total. The number of hydrogen-bond donors (Lipinski definition) is 0. The second-order valence-electron chi connectivity index (χ2n) is 23.9. The van der Waals surface area contributed by atoms with Crippen molar-refractivity contribution < 1.29 is 0 Å². The fourth-order valence-electron chi connectivity index (χ4n) is 12.3. The first-order valence-electron chi connectivity index (χ1n) is 32.8. The van der Waals surface area contributed by atoms with E-state index in [0.717, 1.165) is 47.9 Å². The van der Waals surface area contributed by atoms with Crippen molar-refractivity contribution in [3.63, 3.8) is 0 Å². The first kappa shape index (κ1) is 61.2. The number of rotatable bonds is 22. The molecule has 0 N–H and O–H groups in total. The van der Waals surface area contributed by atoms with Crippen molar-refractivity contribution in [2.24, 2.45) is 0 Å². The summed E-state index contributed by atoms with van der Waals surface area (Å²) in [5.41, 5.74) is 29.1. The minimum absolute atomic E-state index is 0.881. The van der Waals surface area contributed by atoms with Crippen LogP contribution in [0.3, 0.4) is 0 Å². The van der Waals surface area contributed by atoms with Crippen LogP contribution >= 0.6 is 0 Å². The van der Waals surface area contributed by atoms with E-state index in [1.165, 1.54) is 111 Å². The van der Waals surface area contributed by atoms with Crippen molar-refractivity contribution in [3.8, 4) is 0 Å². The van der Waals surface area contributed by atoms with Gasteiger partial charge in [0.15, 0.2) is 0 Å². The zero-order valence-corrected chi connectivity index (χ0v) is 52.9. The summed E-state index contributed by atoms with van der Waals surface area (Å²) >= 11 is 0. The van der Waals surface area contributed by atoms with Gasteiger partial charge in [0.2, 0.25) is 0 Å². The minimum Gasteiger partial charge on any atom is -0.0622 e. The van der Waals surface area contributed by atoms with Crippen LogP contribution in [0, 0.1) is 0 Å². The average molecular weight is 1200 g/mol. The lowest BCUT2D eigenvalue weighted by atomic mass is 9.90. The van der Waals surface area contributed by atoms with E-state index in [4.69, 9.17) is 0 Å². The summed E-state index contributed by atoms with van der Waals surface area (Å²) in [6, 6.07) is 127. The van der Waals surface area contributed by atoms with Gasteiger partial charge in [-0.3, -0.25) is 0 Å². The molecule has 0 heterocycles. The molecule has 0 unspecified atom stereocenters. The summed E-state index contributed by atoms with van der Waals surface area (Å²) in [5.74, 6) is 0. The summed E-state index contributed by atoms with van der Waals surface area (Å²) in [6.45, 7) is 0. The van der Waals surface area contributed by atoms with Gasteiger partial charge in [0.25, 0.3) is 0 Å². The first-order valence-corrected chi connectivity index (χ1v) is 32.8. The van der Waals surface area contributed by atoms with Crippen LogP contribution in [-0.4, -0.2) is 0 Å². The molecule has 0 heteroatoms. The second kappa shape index (κ2) is 30.9. The highest BCUT2D eigenvalue weighted by molar-refractivity contribution is 5.95. The lowest BCUT2D eigenvalue weighted by molar-refractivity contribution is 0.926. The molecule has 0 aliphatic rings. The second-order valence-corrected chi connectivity index (χ2v) is 23.9. The van der Waals surface area contributed by atoms with Gasteiger partial charge in [-0.1, -0.05) is 370 Å². The fraction of sp³-hybridized carbons (Fsp3) is 0.0426. The van der Waals surface area contributed by atoms with Crippen LogP contribution in [0.25, 0.3) is 70.9 Å².